The van der Waals surface area contributed by atoms with Gasteiger partial charge in [-0.25, -0.2) is 0 Å². The molecule has 22 heavy (non-hydrogen) atoms. The molecule has 2 amide bonds. The molecule has 0 aromatic carbocycles. The Hall–Kier alpha value is -0.710. The highest BCUT2D eigenvalue weighted by Crippen LogP contribution is 2.62. The predicted molar refractivity (Wildman–Crippen MR) is 87.6 cm³/mol. The number of carbonyl (C=O) groups excluding carboxylic acids is 2. The number of thioether (sulfide) groups is 1. The number of amides is 2. The van der Waals surface area contributed by atoms with Gasteiger partial charge in [0.2, 0.25) is 11.8 Å². The van der Waals surface area contributed by atoms with Crippen molar-refractivity contribution < 1.29 is 9.59 Å². The van der Waals surface area contributed by atoms with Crippen LogP contribution in [0.3, 0.4) is 0 Å². The van der Waals surface area contributed by atoms with Crippen molar-refractivity contribution in [3.8, 4) is 0 Å². The summed E-state index contributed by atoms with van der Waals surface area (Å²) < 4.78 is 0. The zero-order valence-corrected chi connectivity index (χ0v) is 14.2. The van der Waals surface area contributed by atoms with E-state index in [1.165, 1.54) is 6.42 Å². The smallest absolute Gasteiger partial charge is 0.228 e. The van der Waals surface area contributed by atoms with E-state index >= 15 is 0 Å². The molecule has 5 rings (SSSR count). The summed E-state index contributed by atoms with van der Waals surface area (Å²) >= 11 is 1.95. The Morgan fingerprint density at radius 2 is 1.73 bits per heavy atom. The Kier molecular flexibility index (Phi) is 3.48. The van der Waals surface area contributed by atoms with Crippen molar-refractivity contribution in [3.63, 3.8) is 0 Å². The second-order valence-electron chi connectivity index (χ2n) is 8.11. The van der Waals surface area contributed by atoms with Crippen molar-refractivity contribution in [1.82, 2.24) is 10.2 Å². The summed E-state index contributed by atoms with van der Waals surface area (Å²) in [6.07, 6.45) is 6.46. The first kappa shape index (κ1) is 14.9. The van der Waals surface area contributed by atoms with Crippen LogP contribution in [-0.4, -0.2) is 46.8 Å². The van der Waals surface area contributed by atoms with E-state index in [9.17, 15) is 9.59 Å². The van der Waals surface area contributed by atoms with Crippen LogP contribution in [0.4, 0.5) is 0 Å². The molecule has 122 valence electrons. The van der Waals surface area contributed by atoms with Crippen LogP contribution in [0.15, 0.2) is 0 Å². The Labute approximate surface area is 136 Å². The van der Waals surface area contributed by atoms with Gasteiger partial charge in [-0.2, -0.15) is 11.8 Å². The summed E-state index contributed by atoms with van der Waals surface area (Å²) in [5.41, 5.74) is -0.259. The average molecular weight is 322 g/mol. The third-order valence-electron chi connectivity index (χ3n) is 6.25. The predicted octanol–water partition coefficient (Wildman–Crippen LogP) is 2.04. The summed E-state index contributed by atoms with van der Waals surface area (Å²) in [6.45, 7) is 3.44. The molecule has 4 nitrogen and oxygen atoms in total. The van der Waals surface area contributed by atoms with Gasteiger partial charge in [-0.1, -0.05) is 0 Å². The maximum Gasteiger partial charge on any atom is 0.228 e. The minimum Gasteiger partial charge on any atom is -0.351 e. The highest BCUT2D eigenvalue weighted by molar-refractivity contribution is 7.99. The average Bonchev–Trinajstić information content (AvgIpc) is 2.44. The van der Waals surface area contributed by atoms with Crippen LogP contribution < -0.4 is 5.32 Å². The van der Waals surface area contributed by atoms with Gasteiger partial charge in [0.05, 0.1) is 5.41 Å². The van der Waals surface area contributed by atoms with Crippen molar-refractivity contribution in [3.05, 3.63) is 0 Å². The standard InChI is InChI=1S/C17H26N2O2S/c1-12(20)18-17-9-13-6-14(10-17)8-16(7-13,11-17)15(21)19-2-4-22-5-3-19/h13-14H,2-11H2,1H3,(H,18,20)/t13-,14+,16?,17?. The summed E-state index contributed by atoms with van der Waals surface area (Å²) in [6, 6.07) is 0. The number of nitrogens with one attached hydrogen (secondary N) is 1. The van der Waals surface area contributed by atoms with E-state index in [0.29, 0.717) is 17.7 Å². The van der Waals surface area contributed by atoms with E-state index in [4.69, 9.17) is 0 Å². The molecule has 0 aromatic heterocycles. The van der Waals surface area contributed by atoms with E-state index in [1.54, 1.807) is 6.92 Å². The van der Waals surface area contributed by atoms with E-state index in [0.717, 1.165) is 56.7 Å². The number of hydrogen-bond donors (Lipinski definition) is 1. The Bertz CT molecular complexity index is 487. The molecule has 0 radical (unpaired) electrons. The number of hydrogen-bond acceptors (Lipinski definition) is 3. The first-order valence-corrected chi connectivity index (χ1v) is 9.82. The van der Waals surface area contributed by atoms with Crippen molar-refractivity contribution in [1.29, 1.82) is 0 Å². The molecule has 1 N–H and O–H groups in total. The molecule has 5 fully saturated rings. The van der Waals surface area contributed by atoms with Crippen molar-refractivity contribution in [2.45, 2.75) is 51.0 Å². The topological polar surface area (TPSA) is 49.4 Å². The van der Waals surface area contributed by atoms with Gasteiger partial charge >= 0.3 is 0 Å². The molecule has 1 heterocycles. The van der Waals surface area contributed by atoms with Crippen LogP contribution in [0, 0.1) is 17.3 Å². The zero-order valence-electron chi connectivity index (χ0n) is 13.4. The van der Waals surface area contributed by atoms with Gasteiger partial charge < -0.3 is 10.2 Å². The highest BCUT2D eigenvalue weighted by atomic mass is 32.2. The highest BCUT2D eigenvalue weighted by Gasteiger charge is 2.61. The third kappa shape index (κ3) is 2.36. The molecule has 5 heteroatoms. The molecule has 2 unspecified atom stereocenters. The first-order chi connectivity index (χ1) is 10.5. The molecule has 1 aliphatic heterocycles. The lowest BCUT2D eigenvalue weighted by Crippen LogP contribution is -2.66. The molecule has 4 atom stereocenters. The molecule has 0 aromatic rings. The second-order valence-corrected chi connectivity index (χ2v) is 9.33. The Morgan fingerprint density at radius 1 is 1.09 bits per heavy atom. The molecule has 5 aliphatic rings. The lowest BCUT2D eigenvalue weighted by Gasteiger charge is -2.62. The van der Waals surface area contributed by atoms with Crippen LogP contribution in [0.1, 0.15) is 45.4 Å². The quantitative estimate of drug-likeness (QED) is 0.846. The second kappa shape index (κ2) is 5.15. The van der Waals surface area contributed by atoms with Crippen molar-refractivity contribution in [2.75, 3.05) is 24.6 Å². The van der Waals surface area contributed by atoms with E-state index in [2.05, 4.69) is 10.2 Å². The third-order valence-corrected chi connectivity index (χ3v) is 7.20. The van der Waals surface area contributed by atoms with Gasteiger partial charge in [0, 0.05) is 37.1 Å². The zero-order chi connectivity index (χ0) is 15.4. The lowest BCUT2D eigenvalue weighted by molar-refractivity contribution is -0.162. The van der Waals surface area contributed by atoms with Crippen molar-refractivity contribution >= 4 is 23.6 Å². The summed E-state index contributed by atoms with van der Waals surface area (Å²) in [5, 5.41) is 3.26. The van der Waals surface area contributed by atoms with Gasteiger partial charge in [-0.15, -0.1) is 0 Å². The maximum absolute atomic E-state index is 13.3. The van der Waals surface area contributed by atoms with E-state index < -0.39 is 0 Å². The van der Waals surface area contributed by atoms with Gasteiger partial charge in [0.15, 0.2) is 0 Å². The number of carbonyl (C=O) groups is 2. The Morgan fingerprint density at radius 3 is 2.32 bits per heavy atom. The fraction of sp³-hybridized carbons (Fsp3) is 0.882. The maximum atomic E-state index is 13.3. The molecule has 4 aliphatic carbocycles. The first-order valence-electron chi connectivity index (χ1n) is 8.66. The monoisotopic (exact) mass is 322 g/mol. The number of rotatable bonds is 2. The van der Waals surface area contributed by atoms with Gasteiger partial charge in [-0.3, -0.25) is 9.59 Å². The fourth-order valence-corrected chi connectivity index (χ4v) is 7.04. The van der Waals surface area contributed by atoms with Crippen molar-refractivity contribution in [2.24, 2.45) is 17.3 Å². The van der Waals surface area contributed by atoms with Crippen LogP contribution >= 0.6 is 11.8 Å². The fourth-order valence-electron chi connectivity index (χ4n) is 6.13. The van der Waals surface area contributed by atoms with Gasteiger partial charge in [0.25, 0.3) is 0 Å². The minimum absolute atomic E-state index is 0.0684. The van der Waals surface area contributed by atoms with Crippen LogP contribution in [0.25, 0.3) is 0 Å². The summed E-state index contributed by atoms with van der Waals surface area (Å²) in [4.78, 5) is 27.1. The van der Waals surface area contributed by atoms with Gasteiger partial charge in [-0.05, 0) is 50.4 Å². The van der Waals surface area contributed by atoms with Crippen LogP contribution in [0.5, 0.6) is 0 Å². The molecular weight excluding hydrogens is 296 g/mol. The lowest BCUT2D eigenvalue weighted by atomic mass is 9.46. The SMILES string of the molecule is CC(=O)NC12C[C@H]3C[C@@H](C1)CC(C(=O)N1CCSCC1)(C3)C2. The number of nitrogens with zero attached hydrogens (tertiary/aromatic N) is 1. The Balaban J connectivity index is 1.61. The molecular formula is C17H26N2O2S. The molecule has 1 saturated heterocycles. The molecule has 4 bridgehead atoms. The van der Waals surface area contributed by atoms with Crippen LogP contribution in [0.2, 0.25) is 0 Å². The van der Waals surface area contributed by atoms with E-state index in [-0.39, 0.29) is 16.9 Å². The van der Waals surface area contributed by atoms with Gasteiger partial charge in [0.1, 0.15) is 0 Å². The molecule has 0 spiro atoms. The minimum atomic E-state index is -0.172. The summed E-state index contributed by atoms with van der Waals surface area (Å²) in [5.74, 6) is 3.89. The summed E-state index contributed by atoms with van der Waals surface area (Å²) in [7, 11) is 0. The van der Waals surface area contributed by atoms with E-state index in [1.807, 2.05) is 11.8 Å². The van der Waals surface area contributed by atoms with Crippen LogP contribution in [-0.2, 0) is 9.59 Å². The normalized spacial score (nSPS) is 43.2. The molecule has 4 saturated carbocycles. The largest absolute Gasteiger partial charge is 0.351 e.